The van der Waals surface area contributed by atoms with E-state index in [-0.39, 0.29) is 10.7 Å². The number of anilines is 1. The predicted octanol–water partition coefficient (Wildman–Crippen LogP) is 5.85. The Morgan fingerprint density at radius 1 is 1.07 bits per heavy atom. The van der Waals surface area contributed by atoms with E-state index in [0.29, 0.717) is 32.8 Å². The summed E-state index contributed by atoms with van der Waals surface area (Å²) in [6.45, 7) is 0. The number of amides is 2. The van der Waals surface area contributed by atoms with Crippen molar-refractivity contribution >= 4 is 80.0 Å². The fourth-order valence-electron chi connectivity index (χ4n) is 2.92. The van der Waals surface area contributed by atoms with Crippen LogP contribution in [0.25, 0.3) is 17.4 Å². The van der Waals surface area contributed by atoms with Crippen LogP contribution in [0.4, 0.5) is 5.69 Å². The number of carbonyl (C=O) groups excluding carboxylic acids is 2. The number of nitrogens with one attached hydrogen (secondary N) is 1. The van der Waals surface area contributed by atoms with E-state index in [9.17, 15) is 9.59 Å². The van der Waals surface area contributed by atoms with E-state index < -0.39 is 11.8 Å². The van der Waals surface area contributed by atoms with Crippen LogP contribution in [-0.4, -0.2) is 16.9 Å². The quantitative estimate of drug-likeness (QED) is 0.267. The molecule has 1 saturated heterocycles. The standard InChI is InChI=1S/C21H11BrCl2N2O3S/c22-11-3-1-4-12(9-11)26-20(28)15(19(27)25-21(26)30)10-13-7-8-17(29-13)14-5-2-6-16(23)18(14)24/h1-10H,(H,25,27,30). The molecular formula is C21H11BrCl2N2O3S. The lowest BCUT2D eigenvalue weighted by atomic mass is 10.1. The van der Waals surface area contributed by atoms with Gasteiger partial charge in [0.25, 0.3) is 11.8 Å². The highest BCUT2D eigenvalue weighted by Gasteiger charge is 2.34. The molecule has 1 aliphatic heterocycles. The second-order valence-corrected chi connectivity index (χ2v) is 8.33. The molecule has 0 atom stereocenters. The van der Waals surface area contributed by atoms with Gasteiger partial charge in [0.05, 0.1) is 15.7 Å². The highest BCUT2D eigenvalue weighted by Crippen LogP contribution is 2.35. The van der Waals surface area contributed by atoms with E-state index in [2.05, 4.69) is 21.2 Å². The molecule has 30 heavy (non-hydrogen) atoms. The third-order valence-electron chi connectivity index (χ3n) is 4.30. The summed E-state index contributed by atoms with van der Waals surface area (Å²) in [4.78, 5) is 26.7. The number of nitrogens with zero attached hydrogens (tertiary/aromatic N) is 1. The number of hydrogen-bond donors (Lipinski definition) is 1. The first-order valence-electron chi connectivity index (χ1n) is 8.56. The zero-order valence-corrected chi connectivity index (χ0v) is 18.9. The zero-order valence-electron chi connectivity index (χ0n) is 15.0. The van der Waals surface area contributed by atoms with E-state index in [0.717, 1.165) is 4.47 Å². The van der Waals surface area contributed by atoms with Gasteiger partial charge in [-0.05, 0) is 60.8 Å². The average molecular weight is 522 g/mol. The third-order valence-corrected chi connectivity index (χ3v) is 5.90. The first-order chi connectivity index (χ1) is 14.3. The molecule has 150 valence electrons. The number of rotatable bonds is 3. The summed E-state index contributed by atoms with van der Waals surface area (Å²) in [5, 5.41) is 3.29. The molecule has 0 saturated carbocycles. The van der Waals surface area contributed by atoms with E-state index in [1.807, 2.05) is 6.07 Å². The maximum atomic E-state index is 13.1. The summed E-state index contributed by atoms with van der Waals surface area (Å²) >= 11 is 20.9. The molecular weight excluding hydrogens is 511 g/mol. The van der Waals surface area contributed by atoms with Crippen LogP contribution in [0.1, 0.15) is 5.76 Å². The second-order valence-electron chi connectivity index (χ2n) is 6.24. The van der Waals surface area contributed by atoms with Gasteiger partial charge >= 0.3 is 0 Å². The summed E-state index contributed by atoms with van der Waals surface area (Å²) in [5.74, 6) is -0.394. The molecule has 4 rings (SSSR count). The van der Waals surface area contributed by atoms with E-state index in [1.165, 1.54) is 11.0 Å². The Labute approximate surface area is 195 Å². The molecule has 5 nitrogen and oxygen atoms in total. The summed E-state index contributed by atoms with van der Waals surface area (Å²) in [7, 11) is 0. The molecule has 0 bridgehead atoms. The van der Waals surface area contributed by atoms with E-state index in [4.69, 9.17) is 39.8 Å². The van der Waals surface area contributed by atoms with Crippen LogP contribution >= 0.6 is 51.3 Å². The minimum atomic E-state index is -0.602. The van der Waals surface area contributed by atoms with Crippen molar-refractivity contribution in [2.45, 2.75) is 0 Å². The van der Waals surface area contributed by atoms with Gasteiger partial charge in [0.1, 0.15) is 17.1 Å². The lowest BCUT2D eigenvalue weighted by molar-refractivity contribution is -0.122. The molecule has 3 aromatic rings. The smallest absolute Gasteiger partial charge is 0.270 e. The Bertz CT molecular complexity index is 1240. The van der Waals surface area contributed by atoms with Crippen LogP contribution in [0.3, 0.4) is 0 Å². The van der Waals surface area contributed by atoms with Crippen LogP contribution in [0.2, 0.25) is 10.0 Å². The Morgan fingerprint density at radius 2 is 1.83 bits per heavy atom. The van der Waals surface area contributed by atoms with Gasteiger partial charge in [0.15, 0.2) is 5.11 Å². The maximum absolute atomic E-state index is 13.1. The minimum Gasteiger partial charge on any atom is -0.457 e. The fraction of sp³-hybridized carbons (Fsp3) is 0. The zero-order chi connectivity index (χ0) is 21.4. The van der Waals surface area contributed by atoms with Crippen molar-refractivity contribution in [3.8, 4) is 11.3 Å². The molecule has 9 heteroatoms. The summed E-state index contributed by atoms with van der Waals surface area (Å²) < 4.78 is 6.55. The Hall–Kier alpha value is -2.45. The molecule has 2 aromatic carbocycles. The van der Waals surface area contributed by atoms with Gasteiger partial charge in [0, 0.05) is 10.0 Å². The van der Waals surface area contributed by atoms with Gasteiger partial charge < -0.3 is 4.42 Å². The van der Waals surface area contributed by atoms with Crippen molar-refractivity contribution in [2.24, 2.45) is 0 Å². The third kappa shape index (κ3) is 3.94. The molecule has 0 spiro atoms. The van der Waals surface area contributed by atoms with Crippen LogP contribution in [0.15, 0.2) is 69.1 Å². The molecule has 1 N–H and O–H groups in total. The van der Waals surface area contributed by atoms with E-state index in [1.54, 1.807) is 48.5 Å². The Balaban J connectivity index is 1.70. The number of thiocarbonyl (C=S) groups is 1. The second kappa shape index (κ2) is 8.35. The Kier molecular flexibility index (Phi) is 5.79. The van der Waals surface area contributed by atoms with Crippen molar-refractivity contribution in [2.75, 3.05) is 4.90 Å². The minimum absolute atomic E-state index is 0.00564. The van der Waals surface area contributed by atoms with Gasteiger partial charge in [-0.15, -0.1) is 0 Å². The molecule has 0 unspecified atom stereocenters. The largest absolute Gasteiger partial charge is 0.457 e. The first kappa shape index (κ1) is 20.8. The van der Waals surface area contributed by atoms with Gasteiger partial charge in [0.2, 0.25) is 0 Å². The highest BCUT2D eigenvalue weighted by molar-refractivity contribution is 9.10. The van der Waals surface area contributed by atoms with Crippen molar-refractivity contribution in [3.63, 3.8) is 0 Å². The van der Waals surface area contributed by atoms with Gasteiger partial charge in [-0.3, -0.25) is 19.8 Å². The molecule has 2 amide bonds. The SMILES string of the molecule is O=C1NC(=S)N(c2cccc(Br)c2)C(=O)C1=Cc1ccc(-c2cccc(Cl)c2Cl)o1. The van der Waals surface area contributed by atoms with Crippen molar-refractivity contribution in [3.05, 3.63) is 80.4 Å². The lowest BCUT2D eigenvalue weighted by Gasteiger charge is -2.28. The van der Waals surface area contributed by atoms with Crippen LogP contribution in [-0.2, 0) is 9.59 Å². The normalized spacial score (nSPS) is 15.6. The van der Waals surface area contributed by atoms with Crippen LogP contribution in [0, 0.1) is 0 Å². The molecule has 1 fully saturated rings. The lowest BCUT2D eigenvalue weighted by Crippen LogP contribution is -2.54. The molecule has 1 aliphatic rings. The van der Waals surface area contributed by atoms with Gasteiger partial charge in [-0.1, -0.05) is 51.3 Å². The summed E-state index contributed by atoms with van der Waals surface area (Å²) in [6.07, 6.45) is 1.37. The highest BCUT2D eigenvalue weighted by atomic mass is 79.9. The topological polar surface area (TPSA) is 62.6 Å². The first-order valence-corrected chi connectivity index (χ1v) is 10.5. The van der Waals surface area contributed by atoms with Gasteiger partial charge in [-0.2, -0.15) is 0 Å². The van der Waals surface area contributed by atoms with E-state index >= 15 is 0 Å². The Morgan fingerprint density at radius 3 is 2.60 bits per heavy atom. The van der Waals surface area contributed by atoms with Crippen molar-refractivity contribution in [1.29, 1.82) is 0 Å². The summed E-state index contributed by atoms with van der Waals surface area (Å²) in [6, 6.07) is 15.5. The number of hydrogen-bond acceptors (Lipinski definition) is 4. The number of carbonyl (C=O) groups is 2. The molecule has 0 radical (unpaired) electrons. The molecule has 0 aliphatic carbocycles. The maximum Gasteiger partial charge on any atom is 0.270 e. The average Bonchev–Trinajstić information content (AvgIpc) is 3.16. The molecule has 2 heterocycles. The predicted molar refractivity (Wildman–Crippen MR) is 125 cm³/mol. The number of furan rings is 1. The number of benzene rings is 2. The van der Waals surface area contributed by atoms with Crippen molar-refractivity contribution < 1.29 is 14.0 Å². The fourth-order valence-corrected chi connectivity index (χ4v) is 3.98. The number of halogens is 3. The molecule has 1 aromatic heterocycles. The monoisotopic (exact) mass is 520 g/mol. The van der Waals surface area contributed by atoms with Crippen LogP contribution in [0.5, 0.6) is 0 Å². The van der Waals surface area contributed by atoms with Crippen molar-refractivity contribution in [1.82, 2.24) is 5.32 Å². The summed E-state index contributed by atoms with van der Waals surface area (Å²) in [5.41, 5.74) is 1.02. The van der Waals surface area contributed by atoms with Gasteiger partial charge in [-0.25, -0.2) is 0 Å². The van der Waals surface area contributed by atoms with Crippen LogP contribution < -0.4 is 10.2 Å².